The maximum absolute atomic E-state index is 13.3. The van der Waals surface area contributed by atoms with Gasteiger partial charge in [-0.3, -0.25) is 24.2 Å². The van der Waals surface area contributed by atoms with Crippen molar-refractivity contribution in [1.29, 1.82) is 0 Å². The van der Waals surface area contributed by atoms with E-state index in [4.69, 9.17) is 0 Å². The number of carbonyl (C=O) groups excluding carboxylic acids is 4. The van der Waals surface area contributed by atoms with E-state index in [1.165, 1.54) is 24.2 Å². The lowest BCUT2D eigenvalue weighted by atomic mass is 9.90. The first-order valence-corrected chi connectivity index (χ1v) is 26.2. The van der Waals surface area contributed by atoms with Gasteiger partial charge in [0, 0.05) is 138 Å². The van der Waals surface area contributed by atoms with Crippen molar-refractivity contribution in [3.05, 3.63) is 146 Å². The van der Waals surface area contributed by atoms with Crippen LogP contribution in [0.1, 0.15) is 76.4 Å². The molecule has 12 rings (SSSR count). The first kappa shape index (κ1) is 50.3. The Kier molecular flexibility index (Phi) is 14.4. The van der Waals surface area contributed by atoms with Gasteiger partial charge in [0.15, 0.2) is 0 Å². The molecule has 3 N–H and O–H groups in total. The number of hydrogen-bond donors (Lipinski definition) is 3. The number of hydrogen-bond acceptors (Lipinski definition) is 12. The second kappa shape index (κ2) is 22.1. The molecule has 3 fully saturated rings. The number of fused-ring (bicyclic) bond motifs is 4. The number of aromatic amines is 2. The zero-order valence-corrected chi connectivity index (χ0v) is 43.1. The third-order valence-corrected chi connectivity index (χ3v) is 15.0. The molecule has 20 nitrogen and oxygen atoms in total. The second-order valence-corrected chi connectivity index (χ2v) is 20.2. The van der Waals surface area contributed by atoms with E-state index in [-0.39, 0.29) is 39.7 Å². The first-order chi connectivity index (χ1) is 37.6. The van der Waals surface area contributed by atoms with Crippen molar-refractivity contribution < 1.29 is 23.5 Å². The summed E-state index contributed by atoms with van der Waals surface area (Å²) < 4.78 is 3.26. The zero-order chi connectivity index (χ0) is 53.0. The molecule has 9 aromatic heterocycles. The fraction of sp³-hybridized carbons (Fsp3) is 0.316. The molecule has 4 amide bonds. The van der Waals surface area contributed by atoms with E-state index in [2.05, 4.69) is 69.3 Å². The Hall–Kier alpha value is -8.91. The van der Waals surface area contributed by atoms with E-state index in [1.54, 1.807) is 40.0 Å². The van der Waals surface area contributed by atoms with Crippen LogP contribution < -0.4 is 5.32 Å². The number of amides is 4. The summed E-state index contributed by atoms with van der Waals surface area (Å²) >= 11 is 0. The molecule has 12 heterocycles. The molecule has 3 saturated heterocycles. The van der Waals surface area contributed by atoms with Crippen LogP contribution in [0.25, 0.3) is 55.4 Å². The lowest BCUT2D eigenvalue weighted by molar-refractivity contribution is -0.140. The average molecular weight is 1040 g/mol. The molecule has 0 saturated carbocycles. The van der Waals surface area contributed by atoms with Gasteiger partial charge in [0.1, 0.15) is 11.3 Å². The van der Waals surface area contributed by atoms with E-state index >= 15 is 0 Å². The van der Waals surface area contributed by atoms with Gasteiger partial charge in [0.2, 0.25) is 17.7 Å². The van der Waals surface area contributed by atoms with E-state index in [1.807, 2.05) is 94.8 Å². The third kappa shape index (κ3) is 10.7. The molecule has 398 valence electrons. The van der Waals surface area contributed by atoms with Crippen LogP contribution >= 0.6 is 0 Å². The van der Waals surface area contributed by atoms with Crippen LogP contribution in [0.2, 0.25) is 0 Å². The lowest BCUT2D eigenvalue weighted by Crippen LogP contribution is -2.46. The summed E-state index contributed by atoms with van der Waals surface area (Å²) in [5.74, 6) is 0.328. The van der Waals surface area contributed by atoms with Crippen molar-refractivity contribution in [2.24, 2.45) is 5.92 Å². The van der Waals surface area contributed by atoms with Gasteiger partial charge < -0.3 is 34.9 Å². The first-order valence-electron chi connectivity index (χ1n) is 26.2. The molecule has 9 aromatic rings. The van der Waals surface area contributed by atoms with E-state index < -0.39 is 0 Å². The molecule has 77 heavy (non-hydrogen) atoms. The molecule has 0 spiro atoms. The minimum Gasteiger partial charge on any atom is -0.343 e. The van der Waals surface area contributed by atoms with Gasteiger partial charge in [-0.15, -0.1) is 0 Å². The van der Waals surface area contributed by atoms with Gasteiger partial charge in [0.25, 0.3) is 5.91 Å². The molecule has 0 radical (unpaired) electrons. The smallest absolute Gasteiger partial charge is 0.255 e. The normalized spacial score (nSPS) is 16.7. The summed E-state index contributed by atoms with van der Waals surface area (Å²) in [5.41, 5.74) is 10.8. The summed E-state index contributed by atoms with van der Waals surface area (Å²) in [4.78, 5) is 78.8. The van der Waals surface area contributed by atoms with E-state index in [9.17, 15) is 19.2 Å². The van der Waals surface area contributed by atoms with Gasteiger partial charge in [-0.2, -0.15) is 29.7 Å². The minimum atomic E-state index is -0.350. The maximum Gasteiger partial charge on any atom is 0.255 e. The van der Waals surface area contributed by atoms with E-state index in [0.29, 0.717) is 43.3 Å². The van der Waals surface area contributed by atoms with Crippen LogP contribution in [0.15, 0.2) is 129 Å². The van der Waals surface area contributed by atoms with E-state index in [0.717, 1.165) is 119 Å². The highest BCUT2D eigenvalue weighted by Crippen LogP contribution is 2.37. The van der Waals surface area contributed by atoms with Crippen LogP contribution in [-0.2, 0) is 14.4 Å². The van der Waals surface area contributed by atoms with Crippen LogP contribution in [-0.4, -0.2) is 158 Å². The van der Waals surface area contributed by atoms with Gasteiger partial charge in [-0.25, -0.2) is 9.97 Å². The number of nitrogens with one attached hydrogen (secondary N) is 3. The predicted octanol–water partition coefficient (Wildman–Crippen LogP) is 7.88. The molecule has 3 aliphatic rings. The summed E-state index contributed by atoms with van der Waals surface area (Å²) in [6, 6.07) is 17.9. The Bertz CT molecular complexity index is 3690. The number of anilines is 1. The number of carbonyl (C=O) groups is 4. The molecule has 3 aliphatic heterocycles. The fourth-order valence-electron chi connectivity index (χ4n) is 11.0. The van der Waals surface area contributed by atoms with Crippen LogP contribution in [0.5, 0.6) is 0 Å². The highest BCUT2D eigenvalue weighted by atomic mass is 16.2. The highest BCUT2D eigenvalue weighted by Gasteiger charge is 2.33. The molecule has 0 bridgehead atoms. The summed E-state index contributed by atoms with van der Waals surface area (Å²) in [6.45, 7) is 8.23. The molecule has 1 unspecified atom stereocenters. The number of aromatic nitrogens is 11. The fourth-order valence-corrected chi connectivity index (χ4v) is 11.0. The van der Waals surface area contributed by atoms with Crippen LogP contribution in [0.3, 0.4) is 0 Å². The van der Waals surface area contributed by atoms with Gasteiger partial charge in [-0.1, -0.05) is 12.7 Å². The maximum atomic E-state index is 13.3. The van der Waals surface area contributed by atoms with Gasteiger partial charge >= 0.3 is 0 Å². The number of pyridine rings is 3. The predicted molar refractivity (Wildman–Crippen MR) is 299 cm³/mol. The highest BCUT2D eigenvalue weighted by molar-refractivity contribution is 6.01. The molecule has 0 aromatic carbocycles. The minimum absolute atomic E-state index is 0. The Morgan fingerprint density at radius 1 is 0.688 bits per heavy atom. The summed E-state index contributed by atoms with van der Waals surface area (Å²) in [5, 5.41) is 22.1. The van der Waals surface area contributed by atoms with Crippen molar-refractivity contribution >= 4 is 62.4 Å². The van der Waals surface area contributed by atoms with Crippen molar-refractivity contribution in [2.75, 3.05) is 65.2 Å². The number of piperidine rings is 3. The zero-order valence-electron chi connectivity index (χ0n) is 43.1. The van der Waals surface area contributed by atoms with Crippen molar-refractivity contribution in [1.82, 2.24) is 74.2 Å². The summed E-state index contributed by atoms with van der Waals surface area (Å²) in [7, 11) is 3.95. The molecule has 0 aliphatic carbocycles. The molecule has 1 atom stereocenters. The topological polar surface area (TPSA) is 224 Å². The number of rotatable bonds is 11. The number of likely N-dealkylation sites (N-methyl/N-ethyl adjacent to an activating group) is 1. The van der Waals surface area contributed by atoms with Crippen LogP contribution in [0.4, 0.5) is 5.69 Å². The van der Waals surface area contributed by atoms with Crippen molar-refractivity contribution in [2.45, 2.75) is 50.4 Å². The molecular formula is C57H66N16O4. The molecule has 20 heteroatoms. The SMILES string of the molecule is C=CC(=O)Nc1cncc(C(=O)N2CCCC(c3cc4c(-c5cnn6ncccc56)ccnc4[nH]3)C2)c1.CN(C)C/C=C/C(=O)N1CCC(C(=O)N2CCC(c3cc4c(-c5cnn6ncccc56)ccnc4[nH]3)CC2)CC1.[HH].[HH].[HH]. The summed E-state index contributed by atoms with van der Waals surface area (Å²) in [6.07, 6.45) is 23.7. The quantitative estimate of drug-likeness (QED) is 0.105. The Labute approximate surface area is 448 Å². The Morgan fingerprint density at radius 2 is 1.30 bits per heavy atom. The van der Waals surface area contributed by atoms with Crippen LogP contribution in [0, 0.1) is 5.92 Å². The largest absolute Gasteiger partial charge is 0.343 e. The monoisotopic (exact) mass is 1040 g/mol. The van der Waals surface area contributed by atoms with Crippen molar-refractivity contribution in [3.8, 4) is 22.3 Å². The lowest BCUT2D eigenvalue weighted by Gasteiger charge is -2.37. The third-order valence-electron chi connectivity index (χ3n) is 15.0. The Morgan fingerprint density at radius 3 is 1.91 bits per heavy atom. The second-order valence-electron chi connectivity index (χ2n) is 20.2. The average Bonchev–Trinajstić information content (AvgIpc) is 4.37. The van der Waals surface area contributed by atoms with Gasteiger partial charge in [0.05, 0.1) is 40.9 Å². The number of nitrogens with zero attached hydrogens (tertiary/aromatic N) is 13. The molecular weight excluding hydrogens is 973 g/mol. The van der Waals surface area contributed by atoms with Gasteiger partial charge in [-0.05, 0) is 124 Å². The number of H-pyrrole nitrogens is 2. The number of likely N-dealkylation sites (tertiary alicyclic amines) is 3. The van der Waals surface area contributed by atoms with Crippen molar-refractivity contribution in [3.63, 3.8) is 0 Å². The standard InChI is InChI=1S/C30H36N8O2.C27H24N8O2.3H2/c1-35(2)14-4-6-28(39)36-15-10-22(11-16-36)30(40)37-17-8-21(9-18-37)26-19-24-23(7-13-31-29(24)34-26)25-20-33-38-27(25)5-3-12-32-38;1-2-25(36)32-19-11-18(13-28-14-19)27(37)34-10-4-5-17(16-34)23-12-21-20(7-9-29-26(21)33-23)22-15-31-35-24(22)6-3-8-30-35;;;/h3-7,12-13,19-22H,8-11,14-18H2,1-2H3,(H,31,34);2-3,6-9,11-15,17H,1,4-5,10,16H2,(H,29,33)(H,32,36);3*1H/b6-4+;;;;. The Balaban J connectivity index is 0.000000203.